The predicted octanol–water partition coefficient (Wildman–Crippen LogP) is 2.72. The highest BCUT2D eigenvalue weighted by Gasteiger charge is 2.09. The van der Waals surface area contributed by atoms with E-state index in [1.54, 1.807) is 0 Å². The van der Waals surface area contributed by atoms with Crippen molar-refractivity contribution in [2.45, 2.75) is 26.0 Å². The Kier molecular flexibility index (Phi) is 4.84. The maximum Gasteiger partial charge on any atom is 0.0663 e. The lowest BCUT2D eigenvalue weighted by Crippen LogP contribution is -2.20. The van der Waals surface area contributed by atoms with E-state index in [1.165, 1.54) is 3.57 Å². The third-order valence-corrected chi connectivity index (χ3v) is 2.90. The molecule has 2 N–H and O–H groups in total. The van der Waals surface area contributed by atoms with Crippen molar-refractivity contribution in [1.82, 2.24) is 0 Å². The first-order chi connectivity index (χ1) is 6.61. The van der Waals surface area contributed by atoms with Gasteiger partial charge in [-0.1, -0.05) is 18.2 Å². The number of halogens is 1. The first-order valence-electron chi connectivity index (χ1n) is 4.73. The Hall–Kier alpha value is -0.130. The van der Waals surface area contributed by atoms with Crippen LogP contribution in [0.4, 0.5) is 0 Å². The van der Waals surface area contributed by atoms with E-state index in [0.717, 1.165) is 5.56 Å². The molecule has 1 unspecified atom stereocenters. The van der Waals surface area contributed by atoms with E-state index < -0.39 is 0 Å². The predicted molar refractivity (Wildman–Crippen MR) is 67.2 cm³/mol. The van der Waals surface area contributed by atoms with E-state index in [0.29, 0.717) is 6.61 Å². The summed E-state index contributed by atoms with van der Waals surface area (Å²) in [5.74, 6) is 0. The minimum Gasteiger partial charge on any atom is -0.377 e. The number of nitrogens with two attached hydrogens (primary N) is 1. The summed E-state index contributed by atoms with van der Waals surface area (Å²) in [6, 6.07) is 8.11. The molecule has 0 saturated heterocycles. The molecule has 0 heterocycles. The van der Waals surface area contributed by atoms with E-state index in [9.17, 15) is 0 Å². The summed E-state index contributed by atoms with van der Waals surface area (Å²) in [6.07, 6.45) is 0.238. The Labute approximate surface area is 99.0 Å². The molecule has 0 aliphatic rings. The van der Waals surface area contributed by atoms with Crippen molar-refractivity contribution in [2.75, 3.05) is 6.61 Å². The summed E-state index contributed by atoms with van der Waals surface area (Å²) < 4.78 is 6.68. The zero-order valence-corrected chi connectivity index (χ0v) is 10.7. The Bertz CT molecular complexity index is 288. The van der Waals surface area contributed by atoms with Crippen LogP contribution in [0, 0.1) is 3.57 Å². The lowest BCUT2D eigenvalue weighted by molar-refractivity contribution is 0.0682. The van der Waals surface area contributed by atoms with Crippen molar-refractivity contribution in [3.63, 3.8) is 0 Å². The maximum atomic E-state index is 6.01. The molecular weight excluding hydrogens is 289 g/mol. The topological polar surface area (TPSA) is 35.2 Å². The molecule has 0 amide bonds. The van der Waals surface area contributed by atoms with Crippen LogP contribution in [0.1, 0.15) is 25.5 Å². The molecule has 1 atom stereocenters. The normalized spacial score (nSPS) is 13.2. The van der Waals surface area contributed by atoms with Crippen LogP contribution in [0.25, 0.3) is 0 Å². The standard InChI is InChI=1S/C11H16INO/c1-8(2)14-7-11(13)9-5-3-4-6-10(9)12/h3-6,8,11H,7,13H2,1-2H3. The van der Waals surface area contributed by atoms with E-state index >= 15 is 0 Å². The number of hydrogen-bond donors (Lipinski definition) is 1. The van der Waals surface area contributed by atoms with E-state index in [4.69, 9.17) is 10.5 Å². The van der Waals surface area contributed by atoms with Crippen LogP contribution in [0.15, 0.2) is 24.3 Å². The molecule has 14 heavy (non-hydrogen) atoms. The fourth-order valence-electron chi connectivity index (χ4n) is 1.16. The molecule has 0 fully saturated rings. The molecule has 0 bridgehead atoms. The van der Waals surface area contributed by atoms with Crippen LogP contribution in [-0.4, -0.2) is 12.7 Å². The third-order valence-electron chi connectivity index (χ3n) is 1.91. The van der Waals surface area contributed by atoms with Gasteiger partial charge in [0.05, 0.1) is 18.8 Å². The van der Waals surface area contributed by atoms with Crippen molar-refractivity contribution < 1.29 is 4.74 Å². The summed E-state index contributed by atoms with van der Waals surface area (Å²) in [5, 5.41) is 0. The van der Waals surface area contributed by atoms with Gasteiger partial charge in [0.2, 0.25) is 0 Å². The quantitative estimate of drug-likeness (QED) is 0.868. The van der Waals surface area contributed by atoms with Crippen LogP contribution in [-0.2, 0) is 4.74 Å². The van der Waals surface area contributed by atoms with Gasteiger partial charge < -0.3 is 10.5 Å². The first-order valence-corrected chi connectivity index (χ1v) is 5.80. The highest BCUT2D eigenvalue weighted by Crippen LogP contribution is 2.18. The second-order valence-electron chi connectivity index (χ2n) is 3.51. The van der Waals surface area contributed by atoms with E-state index in [1.807, 2.05) is 26.0 Å². The molecule has 1 aromatic carbocycles. The summed E-state index contributed by atoms with van der Waals surface area (Å²) in [4.78, 5) is 0. The molecule has 3 heteroatoms. The van der Waals surface area contributed by atoms with Gasteiger partial charge in [-0.3, -0.25) is 0 Å². The number of benzene rings is 1. The molecule has 0 saturated carbocycles. The number of hydrogen-bond acceptors (Lipinski definition) is 2. The minimum absolute atomic E-state index is 0.0227. The fraction of sp³-hybridized carbons (Fsp3) is 0.455. The fourth-order valence-corrected chi connectivity index (χ4v) is 1.95. The first kappa shape index (κ1) is 11.9. The average molecular weight is 305 g/mol. The second-order valence-corrected chi connectivity index (χ2v) is 4.67. The molecule has 1 rings (SSSR count). The van der Waals surface area contributed by atoms with Crippen LogP contribution >= 0.6 is 22.6 Å². The van der Waals surface area contributed by atoms with Gasteiger partial charge in [0.15, 0.2) is 0 Å². The van der Waals surface area contributed by atoms with Crippen LogP contribution in [0.3, 0.4) is 0 Å². The Morgan fingerprint density at radius 1 is 1.36 bits per heavy atom. The van der Waals surface area contributed by atoms with Gasteiger partial charge in [0.25, 0.3) is 0 Å². The van der Waals surface area contributed by atoms with E-state index in [-0.39, 0.29) is 12.1 Å². The van der Waals surface area contributed by atoms with Gasteiger partial charge in [-0.15, -0.1) is 0 Å². The molecule has 0 spiro atoms. The van der Waals surface area contributed by atoms with Gasteiger partial charge in [0.1, 0.15) is 0 Å². The van der Waals surface area contributed by atoms with E-state index in [2.05, 4.69) is 34.7 Å². The number of rotatable bonds is 4. The summed E-state index contributed by atoms with van der Waals surface area (Å²) in [5.41, 5.74) is 7.18. The SMILES string of the molecule is CC(C)OCC(N)c1ccccc1I. The van der Waals surface area contributed by atoms with Crippen LogP contribution in [0.5, 0.6) is 0 Å². The molecule has 0 aromatic heterocycles. The summed E-state index contributed by atoms with van der Waals surface area (Å²) in [6.45, 7) is 4.61. The molecule has 2 nitrogen and oxygen atoms in total. The van der Waals surface area contributed by atoms with Crippen molar-refractivity contribution in [3.8, 4) is 0 Å². The summed E-state index contributed by atoms with van der Waals surface area (Å²) in [7, 11) is 0. The van der Waals surface area contributed by atoms with Crippen molar-refractivity contribution >= 4 is 22.6 Å². The maximum absolute atomic E-state index is 6.01. The van der Waals surface area contributed by atoms with Crippen LogP contribution < -0.4 is 5.73 Å². The molecule has 0 radical (unpaired) electrons. The largest absolute Gasteiger partial charge is 0.377 e. The molecule has 78 valence electrons. The summed E-state index contributed by atoms with van der Waals surface area (Å²) >= 11 is 2.30. The highest BCUT2D eigenvalue weighted by atomic mass is 127. The second kappa shape index (κ2) is 5.68. The minimum atomic E-state index is -0.0227. The molecule has 0 aliphatic carbocycles. The number of ether oxygens (including phenoxy) is 1. The van der Waals surface area contributed by atoms with Gasteiger partial charge in [-0.05, 0) is 48.1 Å². The zero-order chi connectivity index (χ0) is 10.6. The lowest BCUT2D eigenvalue weighted by atomic mass is 10.1. The van der Waals surface area contributed by atoms with Crippen molar-refractivity contribution in [3.05, 3.63) is 33.4 Å². The lowest BCUT2D eigenvalue weighted by Gasteiger charge is -2.15. The molecule has 0 aliphatic heterocycles. The smallest absolute Gasteiger partial charge is 0.0663 e. The van der Waals surface area contributed by atoms with Crippen LogP contribution in [0.2, 0.25) is 0 Å². The Morgan fingerprint density at radius 2 is 2.00 bits per heavy atom. The van der Waals surface area contributed by atoms with Gasteiger partial charge in [0, 0.05) is 3.57 Å². The van der Waals surface area contributed by atoms with Crippen molar-refractivity contribution in [2.24, 2.45) is 5.73 Å². The Morgan fingerprint density at radius 3 is 2.57 bits per heavy atom. The monoisotopic (exact) mass is 305 g/mol. The Balaban J connectivity index is 2.60. The van der Waals surface area contributed by atoms with Gasteiger partial charge in [-0.25, -0.2) is 0 Å². The van der Waals surface area contributed by atoms with Gasteiger partial charge >= 0.3 is 0 Å². The third kappa shape index (κ3) is 3.55. The van der Waals surface area contributed by atoms with Gasteiger partial charge in [-0.2, -0.15) is 0 Å². The molecular formula is C11H16INO. The molecule has 1 aromatic rings. The highest BCUT2D eigenvalue weighted by molar-refractivity contribution is 14.1. The average Bonchev–Trinajstić information content (AvgIpc) is 2.15. The van der Waals surface area contributed by atoms with Crippen molar-refractivity contribution in [1.29, 1.82) is 0 Å². The zero-order valence-electron chi connectivity index (χ0n) is 8.53.